The minimum absolute atomic E-state index is 0.0942. The molecule has 8 heteroatoms. The average Bonchev–Trinajstić information content (AvgIpc) is 2.57. The van der Waals surface area contributed by atoms with E-state index in [1.807, 2.05) is 27.7 Å². The predicted octanol–water partition coefficient (Wildman–Crippen LogP) is 4.27. The van der Waals surface area contributed by atoms with E-state index in [9.17, 15) is 22.4 Å². The first-order valence-electron chi connectivity index (χ1n) is 10.1. The van der Waals surface area contributed by atoms with Crippen LogP contribution >= 0.6 is 0 Å². The minimum Gasteiger partial charge on any atom is -0.360 e. The van der Waals surface area contributed by atoms with Crippen LogP contribution in [0.5, 0.6) is 0 Å². The fourth-order valence-electron chi connectivity index (χ4n) is 2.75. The second-order valence-electron chi connectivity index (χ2n) is 8.18. The summed E-state index contributed by atoms with van der Waals surface area (Å²) in [7, 11) is -7.63. The van der Waals surface area contributed by atoms with Crippen molar-refractivity contribution in [3.63, 3.8) is 0 Å². The van der Waals surface area contributed by atoms with Crippen LogP contribution in [0.4, 0.5) is 0 Å². The molecule has 0 spiro atoms. The lowest BCUT2D eigenvalue weighted by Gasteiger charge is -2.15. The van der Waals surface area contributed by atoms with Gasteiger partial charge in [0.15, 0.2) is 15.1 Å². The van der Waals surface area contributed by atoms with E-state index in [4.69, 9.17) is 0 Å². The number of hydrogen-bond acceptors (Lipinski definition) is 4. The maximum Gasteiger partial charge on any atom is 0.399 e. The Kier molecular flexibility index (Phi) is 12.3. The highest BCUT2D eigenvalue weighted by Crippen LogP contribution is 2.20. The van der Waals surface area contributed by atoms with Crippen molar-refractivity contribution in [2.24, 2.45) is 11.8 Å². The maximum atomic E-state index is 12.9. The van der Waals surface area contributed by atoms with E-state index in [-0.39, 0.29) is 29.8 Å². The Balaban J connectivity index is 5.55. The molecule has 0 N–H and O–H groups in total. The molecule has 0 aliphatic rings. The lowest BCUT2D eigenvalue weighted by atomic mass is 10.1. The second kappa shape index (κ2) is 12.7. The van der Waals surface area contributed by atoms with Crippen LogP contribution in [0.25, 0.3) is 5.53 Å². The van der Waals surface area contributed by atoms with Gasteiger partial charge < -0.3 is 5.53 Å². The van der Waals surface area contributed by atoms with Gasteiger partial charge in [0.2, 0.25) is 0 Å². The molecule has 160 valence electrons. The van der Waals surface area contributed by atoms with E-state index in [0.717, 1.165) is 25.7 Å². The van der Waals surface area contributed by atoms with Crippen LogP contribution in [0.15, 0.2) is 0 Å². The Hall–Kier alpha value is -0.720. The molecule has 6 nitrogen and oxygen atoms in total. The van der Waals surface area contributed by atoms with Crippen molar-refractivity contribution < 1.29 is 21.6 Å². The van der Waals surface area contributed by atoms with Crippen LogP contribution in [0, 0.1) is 11.8 Å². The van der Waals surface area contributed by atoms with Gasteiger partial charge in [-0.05, 0) is 31.1 Å². The smallest absolute Gasteiger partial charge is 0.360 e. The van der Waals surface area contributed by atoms with E-state index in [2.05, 4.69) is 11.7 Å². The Morgan fingerprint density at radius 3 is 1.81 bits per heavy atom. The van der Waals surface area contributed by atoms with Gasteiger partial charge in [-0.15, -0.1) is 0 Å². The molecule has 0 aromatic heterocycles. The van der Waals surface area contributed by atoms with Gasteiger partial charge in [0, 0.05) is 0 Å². The fourth-order valence-corrected chi connectivity index (χ4v) is 7.23. The van der Waals surface area contributed by atoms with Crippen LogP contribution in [0.2, 0.25) is 0 Å². The molecule has 0 amide bonds. The van der Waals surface area contributed by atoms with E-state index >= 15 is 0 Å². The van der Waals surface area contributed by atoms with E-state index in [1.165, 1.54) is 0 Å². The third-order valence-corrected chi connectivity index (χ3v) is 8.70. The van der Waals surface area contributed by atoms with Gasteiger partial charge in [-0.25, -0.2) is 16.8 Å². The van der Waals surface area contributed by atoms with Crippen molar-refractivity contribution in [3.05, 3.63) is 5.53 Å². The zero-order valence-electron chi connectivity index (χ0n) is 17.6. The third kappa shape index (κ3) is 10.4. The van der Waals surface area contributed by atoms with Crippen molar-refractivity contribution in [1.82, 2.24) is 0 Å². The Labute approximate surface area is 166 Å². The van der Waals surface area contributed by atoms with Crippen molar-refractivity contribution in [3.8, 4) is 0 Å². The van der Waals surface area contributed by atoms with Crippen LogP contribution < -0.4 is 0 Å². The Bertz CT molecular complexity index is 676. The van der Waals surface area contributed by atoms with Crippen LogP contribution in [0.1, 0.15) is 86.0 Å². The maximum absolute atomic E-state index is 12.9. The molecule has 1 atom stereocenters. The van der Waals surface area contributed by atoms with Crippen molar-refractivity contribution in [1.29, 1.82) is 0 Å². The van der Waals surface area contributed by atoms with Gasteiger partial charge >= 0.3 is 5.04 Å². The van der Waals surface area contributed by atoms with Crippen molar-refractivity contribution >= 4 is 24.7 Å². The molecule has 0 saturated heterocycles. The van der Waals surface area contributed by atoms with Gasteiger partial charge in [-0.3, -0.25) is 0 Å². The Morgan fingerprint density at radius 2 is 1.33 bits per heavy atom. The molecule has 0 saturated carbocycles. The summed E-state index contributed by atoms with van der Waals surface area (Å²) in [5.74, 6) is 0.0563. The van der Waals surface area contributed by atoms with Gasteiger partial charge in [-0.2, -0.15) is 4.79 Å². The van der Waals surface area contributed by atoms with Gasteiger partial charge in [0.1, 0.15) is 0 Å². The summed E-state index contributed by atoms with van der Waals surface area (Å²) in [5, 5.41) is -1.82. The summed E-state index contributed by atoms with van der Waals surface area (Å²) in [6.07, 6.45) is 5.61. The highest BCUT2D eigenvalue weighted by atomic mass is 32.2. The molecular weight excluding hydrogens is 384 g/mol. The van der Waals surface area contributed by atoms with Crippen molar-refractivity contribution in [2.75, 3.05) is 11.5 Å². The number of nitrogens with zero attached hydrogens (tertiary/aromatic N) is 2. The zero-order chi connectivity index (χ0) is 21.1. The average molecular weight is 423 g/mol. The molecule has 1 unspecified atom stereocenters. The van der Waals surface area contributed by atoms with E-state index < -0.39 is 30.0 Å². The van der Waals surface area contributed by atoms with Crippen LogP contribution in [-0.2, 0) is 19.7 Å². The summed E-state index contributed by atoms with van der Waals surface area (Å²) in [5.41, 5.74) is 9.42. The minimum atomic E-state index is -3.91. The molecule has 0 heterocycles. The molecule has 0 fully saturated rings. The number of sulfone groups is 2. The lowest BCUT2D eigenvalue weighted by molar-refractivity contribution is -0.00318. The topological polar surface area (TPSA) is 105 Å². The molecule has 0 aromatic rings. The lowest BCUT2D eigenvalue weighted by Crippen LogP contribution is -2.39. The first-order chi connectivity index (χ1) is 12.5. The third-order valence-electron chi connectivity index (χ3n) is 4.64. The van der Waals surface area contributed by atoms with E-state index in [1.54, 1.807) is 0 Å². The molecule has 0 radical (unpaired) electrons. The largest absolute Gasteiger partial charge is 0.399 e. The molecule has 0 bridgehead atoms. The molecule has 0 rings (SSSR count). The SMILES string of the molecule is CCCCCCCC(C(=[N+]=[N-])S(=O)(=O)CCC(C)C)S(=O)(=O)CCC(C)C. The second-order valence-corrected chi connectivity index (χ2v) is 12.5. The summed E-state index contributed by atoms with van der Waals surface area (Å²) in [4.78, 5) is 3.00. The summed E-state index contributed by atoms with van der Waals surface area (Å²) in [6.45, 7) is 9.74. The molecular formula is C19H38N2O4S2. The number of hydrogen-bond donors (Lipinski definition) is 0. The van der Waals surface area contributed by atoms with Crippen LogP contribution in [0.3, 0.4) is 0 Å². The summed E-state index contributed by atoms with van der Waals surface area (Å²) >= 11 is 0. The van der Waals surface area contributed by atoms with Gasteiger partial charge in [0.05, 0.1) is 11.5 Å². The van der Waals surface area contributed by atoms with E-state index in [0.29, 0.717) is 19.3 Å². The van der Waals surface area contributed by atoms with Crippen molar-refractivity contribution in [2.45, 2.75) is 91.2 Å². The Morgan fingerprint density at radius 1 is 0.815 bits per heavy atom. The molecule has 0 aliphatic heterocycles. The summed E-state index contributed by atoms with van der Waals surface area (Å²) < 4.78 is 51.1. The monoisotopic (exact) mass is 422 g/mol. The first kappa shape index (κ1) is 26.3. The number of rotatable bonds is 14. The zero-order valence-corrected chi connectivity index (χ0v) is 19.3. The standard InChI is InChI=1S/C19H38N2O4S2/c1-6-7-8-9-10-11-18(26(22,23)14-12-16(2)3)19(21-20)27(24,25)15-13-17(4)5/h16-18H,6-15H2,1-5H3. The fraction of sp³-hybridized carbons (Fsp3) is 0.947. The highest BCUT2D eigenvalue weighted by Gasteiger charge is 2.43. The molecule has 27 heavy (non-hydrogen) atoms. The quantitative estimate of drug-likeness (QED) is 0.137. The molecule has 0 aromatic carbocycles. The van der Waals surface area contributed by atoms with Gasteiger partial charge in [0.25, 0.3) is 9.84 Å². The predicted molar refractivity (Wildman–Crippen MR) is 112 cm³/mol. The highest BCUT2D eigenvalue weighted by molar-refractivity contribution is 8.08. The number of unbranched alkanes of at least 4 members (excludes halogenated alkanes) is 4. The summed E-state index contributed by atoms with van der Waals surface area (Å²) in [6, 6.07) is 0. The van der Waals surface area contributed by atoms with Crippen LogP contribution in [-0.4, -0.2) is 43.4 Å². The van der Waals surface area contributed by atoms with Gasteiger partial charge in [-0.1, -0.05) is 66.7 Å². The normalized spacial score (nSPS) is 13.7. The molecule has 0 aliphatic carbocycles. The first-order valence-corrected chi connectivity index (χ1v) is 13.5.